The van der Waals surface area contributed by atoms with E-state index < -0.39 is 0 Å². The fraction of sp³-hybridized carbons (Fsp3) is 0.714. The molecule has 0 bridgehead atoms. The molecular weight excluding hydrogens is 226 g/mol. The normalized spacial score (nSPS) is 17.3. The molecule has 1 aromatic rings. The minimum Gasteiger partial charge on any atom is -0.379 e. The Balaban J connectivity index is 1.72. The Bertz CT molecular complexity index is 345. The first-order chi connectivity index (χ1) is 8.75. The van der Waals surface area contributed by atoms with Crippen molar-refractivity contribution in [2.75, 3.05) is 32.8 Å². The molecule has 1 aliphatic rings. The number of morpholine rings is 1. The molecule has 4 nitrogen and oxygen atoms in total. The minimum absolute atomic E-state index is 0.410. The third-order valence-electron chi connectivity index (χ3n) is 3.29. The van der Waals surface area contributed by atoms with Crippen LogP contribution >= 0.6 is 0 Å². The Morgan fingerprint density at radius 1 is 1.22 bits per heavy atom. The second kappa shape index (κ2) is 6.81. The average molecular weight is 249 g/mol. The molecule has 1 aliphatic heterocycles. The topological polar surface area (TPSA) is 38.2 Å². The Hall–Kier alpha value is -1.00. The van der Waals surface area contributed by atoms with Gasteiger partial charge in [0.05, 0.1) is 13.2 Å². The van der Waals surface area contributed by atoms with Crippen molar-refractivity contribution < 1.29 is 4.74 Å². The number of aryl methyl sites for hydroxylation is 1. The van der Waals surface area contributed by atoms with E-state index in [-0.39, 0.29) is 0 Å². The van der Waals surface area contributed by atoms with E-state index in [0.717, 1.165) is 45.1 Å². The van der Waals surface area contributed by atoms with Crippen molar-refractivity contribution in [3.8, 4) is 0 Å². The molecule has 0 atom stereocenters. The summed E-state index contributed by atoms with van der Waals surface area (Å²) in [6.07, 6.45) is 6.18. The average Bonchev–Trinajstić information content (AvgIpc) is 2.40. The molecule has 2 rings (SSSR count). The van der Waals surface area contributed by atoms with Crippen molar-refractivity contribution in [1.82, 2.24) is 14.9 Å². The van der Waals surface area contributed by atoms with Crippen LogP contribution in [0, 0.1) is 0 Å². The summed E-state index contributed by atoms with van der Waals surface area (Å²) in [5, 5.41) is 0. The van der Waals surface area contributed by atoms with E-state index in [2.05, 4.69) is 28.7 Å². The van der Waals surface area contributed by atoms with E-state index in [1.807, 2.05) is 12.4 Å². The highest BCUT2D eigenvalue weighted by Gasteiger charge is 2.09. The predicted molar refractivity (Wildman–Crippen MR) is 71.7 cm³/mol. The lowest BCUT2D eigenvalue weighted by molar-refractivity contribution is 0.0374. The standard InChI is InChI=1S/C14H23N3O/c1-12(2)14-15-10-13(11-16-14)4-3-5-17-6-8-18-9-7-17/h10-12H,3-9H2,1-2H3. The number of aromatic nitrogens is 2. The summed E-state index contributed by atoms with van der Waals surface area (Å²) in [5.74, 6) is 1.35. The SMILES string of the molecule is CC(C)c1ncc(CCCN2CCOCC2)cn1. The lowest BCUT2D eigenvalue weighted by Gasteiger charge is -2.26. The highest BCUT2D eigenvalue weighted by Crippen LogP contribution is 2.09. The lowest BCUT2D eigenvalue weighted by Crippen LogP contribution is -2.36. The van der Waals surface area contributed by atoms with Gasteiger partial charge in [0.1, 0.15) is 5.82 Å². The lowest BCUT2D eigenvalue weighted by atomic mass is 10.1. The van der Waals surface area contributed by atoms with Gasteiger partial charge in [-0.25, -0.2) is 9.97 Å². The Kier molecular flexibility index (Phi) is 5.08. The molecule has 0 spiro atoms. The molecule has 0 aliphatic carbocycles. The Labute approximate surface area is 109 Å². The first-order valence-electron chi connectivity index (χ1n) is 6.86. The van der Waals surface area contributed by atoms with Gasteiger partial charge in [-0.2, -0.15) is 0 Å². The van der Waals surface area contributed by atoms with E-state index in [1.165, 1.54) is 12.0 Å². The smallest absolute Gasteiger partial charge is 0.130 e. The molecule has 0 saturated carbocycles. The van der Waals surface area contributed by atoms with Gasteiger partial charge in [0.2, 0.25) is 0 Å². The fourth-order valence-corrected chi connectivity index (χ4v) is 2.12. The fourth-order valence-electron chi connectivity index (χ4n) is 2.12. The highest BCUT2D eigenvalue weighted by atomic mass is 16.5. The molecule has 1 aromatic heterocycles. The van der Waals surface area contributed by atoms with Crippen molar-refractivity contribution in [2.24, 2.45) is 0 Å². The second-order valence-electron chi connectivity index (χ2n) is 5.16. The maximum atomic E-state index is 5.34. The van der Waals surface area contributed by atoms with Gasteiger partial charge in [-0.3, -0.25) is 4.90 Å². The first-order valence-corrected chi connectivity index (χ1v) is 6.86. The second-order valence-corrected chi connectivity index (χ2v) is 5.16. The van der Waals surface area contributed by atoms with E-state index in [9.17, 15) is 0 Å². The summed E-state index contributed by atoms with van der Waals surface area (Å²) >= 11 is 0. The molecule has 0 unspecified atom stereocenters. The van der Waals surface area contributed by atoms with Crippen LogP contribution in [0.2, 0.25) is 0 Å². The predicted octanol–water partition coefficient (Wildman–Crippen LogP) is 1.86. The van der Waals surface area contributed by atoms with Gasteiger partial charge in [-0.15, -0.1) is 0 Å². The van der Waals surface area contributed by atoms with Gasteiger partial charge >= 0.3 is 0 Å². The molecule has 0 radical (unpaired) electrons. The first kappa shape index (κ1) is 13.4. The van der Waals surface area contributed by atoms with Crippen LogP contribution in [-0.4, -0.2) is 47.7 Å². The van der Waals surface area contributed by atoms with Gasteiger partial charge in [0.25, 0.3) is 0 Å². The molecule has 4 heteroatoms. The molecule has 2 heterocycles. The van der Waals surface area contributed by atoms with Gasteiger partial charge < -0.3 is 4.74 Å². The van der Waals surface area contributed by atoms with Gasteiger partial charge in [-0.1, -0.05) is 13.8 Å². The van der Waals surface area contributed by atoms with Crippen LogP contribution in [0.1, 0.15) is 37.6 Å². The summed E-state index contributed by atoms with van der Waals surface area (Å²) in [4.78, 5) is 11.3. The van der Waals surface area contributed by atoms with E-state index in [4.69, 9.17) is 4.74 Å². The number of hydrogen-bond donors (Lipinski definition) is 0. The van der Waals surface area contributed by atoms with Gasteiger partial charge in [-0.05, 0) is 24.9 Å². The molecule has 0 amide bonds. The minimum atomic E-state index is 0.410. The molecule has 1 saturated heterocycles. The van der Waals surface area contributed by atoms with Crippen LogP contribution in [0.3, 0.4) is 0 Å². The van der Waals surface area contributed by atoms with Crippen molar-refractivity contribution in [2.45, 2.75) is 32.6 Å². The number of rotatable bonds is 5. The van der Waals surface area contributed by atoms with Crippen molar-refractivity contribution in [1.29, 1.82) is 0 Å². The highest BCUT2D eigenvalue weighted by molar-refractivity contribution is 5.06. The Morgan fingerprint density at radius 3 is 2.50 bits per heavy atom. The zero-order valence-corrected chi connectivity index (χ0v) is 11.4. The van der Waals surface area contributed by atoms with Crippen LogP contribution in [0.5, 0.6) is 0 Å². The zero-order valence-electron chi connectivity index (χ0n) is 11.4. The third kappa shape index (κ3) is 4.03. The van der Waals surface area contributed by atoms with Crippen LogP contribution < -0.4 is 0 Å². The summed E-state index contributed by atoms with van der Waals surface area (Å²) in [6.45, 7) is 9.29. The van der Waals surface area contributed by atoms with Crippen LogP contribution in [0.25, 0.3) is 0 Å². The molecule has 0 N–H and O–H groups in total. The molecule has 1 fully saturated rings. The summed E-state index contributed by atoms with van der Waals surface area (Å²) in [6, 6.07) is 0. The largest absolute Gasteiger partial charge is 0.379 e. The summed E-state index contributed by atoms with van der Waals surface area (Å²) < 4.78 is 5.34. The summed E-state index contributed by atoms with van der Waals surface area (Å²) in [5.41, 5.74) is 1.24. The monoisotopic (exact) mass is 249 g/mol. The van der Waals surface area contributed by atoms with E-state index >= 15 is 0 Å². The maximum absolute atomic E-state index is 5.34. The zero-order chi connectivity index (χ0) is 12.8. The van der Waals surface area contributed by atoms with Crippen molar-refractivity contribution in [3.63, 3.8) is 0 Å². The third-order valence-corrected chi connectivity index (χ3v) is 3.29. The van der Waals surface area contributed by atoms with Gasteiger partial charge in [0.15, 0.2) is 0 Å². The molecule has 18 heavy (non-hydrogen) atoms. The maximum Gasteiger partial charge on any atom is 0.130 e. The van der Waals surface area contributed by atoms with Gasteiger partial charge in [0, 0.05) is 31.4 Å². The van der Waals surface area contributed by atoms with Crippen LogP contribution in [0.4, 0.5) is 0 Å². The van der Waals surface area contributed by atoms with Crippen molar-refractivity contribution >= 4 is 0 Å². The number of ether oxygens (including phenoxy) is 1. The quantitative estimate of drug-likeness (QED) is 0.798. The van der Waals surface area contributed by atoms with E-state index in [0.29, 0.717) is 5.92 Å². The van der Waals surface area contributed by atoms with E-state index in [1.54, 1.807) is 0 Å². The Morgan fingerprint density at radius 2 is 1.89 bits per heavy atom. The van der Waals surface area contributed by atoms with Crippen LogP contribution in [0.15, 0.2) is 12.4 Å². The van der Waals surface area contributed by atoms with Crippen molar-refractivity contribution in [3.05, 3.63) is 23.8 Å². The molecular formula is C14H23N3O. The molecule has 0 aromatic carbocycles. The summed E-state index contributed by atoms with van der Waals surface area (Å²) in [7, 11) is 0. The van der Waals surface area contributed by atoms with Crippen LogP contribution in [-0.2, 0) is 11.2 Å². The number of hydrogen-bond acceptors (Lipinski definition) is 4. The number of nitrogens with zero attached hydrogens (tertiary/aromatic N) is 3. The molecule has 100 valence electrons.